The molecule has 0 spiro atoms. The van der Waals surface area contributed by atoms with Crippen LogP contribution in [0.15, 0.2) is 47.4 Å². The van der Waals surface area contributed by atoms with Gasteiger partial charge < -0.3 is 14.9 Å². The maximum absolute atomic E-state index is 13.9. The molecule has 1 atom stereocenters. The number of anilines is 2. The third-order valence-electron chi connectivity index (χ3n) is 7.60. The molecule has 0 aliphatic carbocycles. The maximum atomic E-state index is 13.9. The molecule has 2 heterocycles. The molecule has 208 valence electrons. The number of carbonyl (C=O) groups is 1. The van der Waals surface area contributed by atoms with Gasteiger partial charge in [0.15, 0.2) is 0 Å². The highest BCUT2D eigenvalue weighted by Crippen LogP contribution is 2.38. The standard InChI is InChI=1S/C28H40N4O5S/c1-4-21-5-7-23(8-6-21)32(18-20(2)3)38(36,37)24-9-10-26-25(17-24)27(33)13-16-31(26)19-22-11-14-30(15-12-22)28(34)29-35/h5-10,17,20,22,27,33,35H,4,11-16,18-19H2,1-3H3,(H,29,34). The van der Waals surface area contributed by atoms with Gasteiger partial charge in [-0.2, -0.15) is 0 Å². The van der Waals surface area contributed by atoms with E-state index in [0.29, 0.717) is 49.8 Å². The number of hydrogen-bond acceptors (Lipinski definition) is 6. The minimum atomic E-state index is -3.85. The van der Waals surface area contributed by atoms with Gasteiger partial charge in [0.2, 0.25) is 0 Å². The van der Waals surface area contributed by atoms with Crippen LogP contribution in [0.2, 0.25) is 0 Å². The van der Waals surface area contributed by atoms with Crippen molar-refractivity contribution in [1.82, 2.24) is 10.4 Å². The molecule has 0 aromatic heterocycles. The zero-order chi connectivity index (χ0) is 27.4. The summed E-state index contributed by atoms with van der Waals surface area (Å²) < 4.78 is 29.3. The van der Waals surface area contributed by atoms with Crippen LogP contribution in [0.3, 0.4) is 0 Å². The number of piperidine rings is 1. The number of hydrogen-bond donors (Lipinski definition) is 3. The monoisotopic (exact) mass is 544 g/mol. The van der Waals surface area contributed by atoms with Gasteiger partial charge in [-0.05, 0) is 73.4 Å². The minimum absolute atomic E-state index is 0.129. The molecule has 10 heteroatoms. The van der Waals surface area contributed by atoms with Crippen LogP contribution < -0.4 is 14.7 Å². The molecule has 0 saturated carbocycles. The fraction of sp³-hybridized carbons (Fsp3) is 0.536. The van der Waals surface area contributed by atoms with Crippen molar-refractivity contribution in [3.63, 3.8) is 0 Å². The molecule has 2 aliphatic rings. The van der Waals surface area contributed by atoms with Crippen molar-refractivity contribution < 1.29 is 23.5 Å². The van der Waals surface area contributed by atoms with Gasteiger partial charge in [-0.1, -0.05) is 32.9 Å². The second-order valence-electron chi connectivity index (χ2n) is 10.8. The number of nitrogens with zero attached hydrogens (tertiary/aromatic N) is 3. The molecular formula is C28H40N4O5S. The molecule has 9 nitrogen and oxygen atoms in total. The molecule has 0 bridgehead atoms. The van der Waals surface area contributed by atoms with Crippen molar-refractivity contribution in [2.24, 2.45) is 11.8 Å². The van der Waals surface area contributed by atoms with E-state index in [2.05, 4.69) is 11.8 Å². The Balaban J connectivity index is 1.57. The van der Waals surface area contributed by atoms with Gasteiger partial charge in [0.25, 0.3) is 10.0 Å². The van der Waals surface area contributed by atoms with E-state index in [1.807, 2.05) is 44.2 Å². The number of aliphatic hydroxyl groups excluding tert-OH is 1. The third-order valence-corrected chi connectivity index (χ3v) is 9.39. The van der Waals surface area contributed by atoms with Crippen molar-refractivity contribution >= 4 is 27.4 Å². The van der Waals surface area contributed by atoms with Gasteiger partial charge >= 0.3 is 6.03 Å². The number of likely N-dealkylation sites (tertiary alicyclic amines) is 1. The van der Waals surface area contributed by atoms with Crippen molar-refractivity contribution in [3.8, 4) is 0 Å². The lowest BCUT2D eigenvalue weighted by atomic mass is 9.93. The first-order valence-corrected chi connectivity index (χ1v) is 15.0. The molecular weight excluding hydrogens is 504 g/mol. The molecule has 3 N–H and O–H groups in total. The zero-order valence-electron chi connectivity index (χ0n) is 22.5. The van der Waals surface area contributed by atoms with E-state index >= 15 is 0 Å². The van der Waals surface area contributed by atoms with Gasteiger partial charge in [0.1, 0.15) is 0 Å². The summed E-state index contributed by atoms with van der Waals surface area (Å²) in [7, 11) is -3.85. The molecule has 2 aromatic carbocycles. The minimum Gasteiger partial charge on any atom is -0.388 e. The topological polar surface area (TPSA) is 113 Å². The van der Waals surface area contributed by atoms with E-state index < -0.39 is 22.2 Å². The predicted molar refractivity (Wildman–Crippen MR) is 148 cm³/mol. The summed E-state index contributed by atoms with van der Waals surface area (Å²) in [5.74, 6) is 0.487. The summed E-state index contributed by atoms with van der Waals surface area (Å²) in [5.41, 5.74) is 4.98. The number of carbonyl (C=O) groups excluding carboxylic acids is 1. The largest absolute Gasteiger partial charge is 0.388 e. The number of sulfonamides is 1. The van der Waals surface area contributed by atoms with Crippen LogP contribution in [0.1, 0.15) is 57.3 Å². The Morgan fingerprint density at radius 3 is 2.37 bits per heavy atom. The number of fused-ring (bicyclic) bond motifs is 1. The van der Waals surface area contributed by atoms with E-state index in [1.54, 1.807) is 22.5 Å². The Hall–Kier alpha value is -2.82. The van der Waals surface area contributed by atoms with Crippen molar-refractivity contribution in [3.05, 3.63) is 53.6 Å². The molecule has 1 unspecified atom stereocenters. The predicted octanol–water partition coefficient (Wildman–Crippen LogP) is 4.15. The maximum Gasteiger partial charge on any atom is 0.341 e. The smallest absolute Gasteiger partial charge is 0.341 e. The molecule has 2 aliphatic heterocycles. The normalized spacial score (nSPS) is 18.4. The van der Waals surface area contributed by atoms with E-state index in [1.165, 1.54) is 4.31 Å². The van der Waals surface area contributed by atoms with Gasteiger partial charge in [-0.15, -0.1) is 0 Å². The van der Waals surface area contributed by atoms with Crippen LogP contribution in [0, 0.1) is 11.8 Å². The fourth-order valence-corrected chi connectivity index (χ4v) is 7.06. The van der Waals surface area contributed by atoms with Gasteiger partial charge in [-0.3, -0.25) is 9.51 Å². The van der Waals surface area contributed by atoms with Crippen LogP contribution >= 0.6 is 0 Å². The lowest BCUT2D eigenvalue weighted by molar-refractivity contribution is 0.115. The van der Waals surface area contributed by atoms with Gasteiger partial charge in [-0.25, -0.2) is 18.7 Å². The summed E-state index contributed by atoms with van der Waals surface area (Å²) in [5, 5.41) is 19.7. The highest BCUT2D eigenvalue weighted by atomic mass is 32.2. The average Bonchev–Trinajstić information content (AvgIpc) is 2.93. The Morgan fingerprint density at radius 2 is 1.76 bits per heavy atom. The van der Waals surface area contributed by atoms with Crippen LogP contribution in [0.4, 0.5) is 16.2 Å². The van der Waals surface area contributed by atoms with Crippen molar-refractivity contribution in [2.45, 2.75) is 57.5 Å². The molecule has 0 radical (unpaired) electrons. The molecule has 38 heavy (non-hydrogen) atoms. The molecule has 2 aromatic rings. The first-order valence-electron chi connectivity index (χ1n) is 13.5. The summed E-state index contributed by atoms with van der Waals surface area (Å²) in [4.78, 5) is 15.7. The van der Waals surface area contributed by atoms with Gasteiger partial charge in [0, 0.05) is 44.0 Å². The van der Waals surface area contributed by atoms with Gasteiger partial charge in [0.05, 0.1) is 16.7 Å². The number of hydroxylamine groups is 1. The average molecular weight is 545 g/mol. The molecule has 4 rings (SSSR count). The molecule has 1 saturated heterocycles. The number of nitrogens with one attached hydrogen (secondary N) is 1. The second kappa shape index (κ2) is 11.9. The third kappa shape index (κ3) is 6.08. The van der Waals surface area contributed by atoms with Crippen LogP contribution in [-0.2, 0) is 16.4 Å². The SMILES string of the molecule is CCc1ccc(N(CC(C)C)S(=O)(=O)c2ccc3c(c2)C(O)CCN3CC2CCN(C(=O)NO)CC2)cc1. The first kappa shape index (κ1) is 28.2. The van der Waals surface area contributed by atoms with Crippen LogP contribution in [0.5, 0.6) is 0 Å². The fourth-order valence-electron chi connectivity index (χ4n) is 5.39. The zero-order valence-corrected chi connectivity index (χ0v) is 23.3. The van der Waals surface area contributed by atoms with Crippen LogP contribution in [-0.4, -0.2) is 62.4 Å². The summed E-state index contributed by atoms with van der Waals surface area (Å²) in [6, 6.07) is 12.3. The Morgan fingerprint density at radius 1 is 1.08 bits per heavy atom. The highest BCUT2D eigenvalue weighted by Gasteiger charge is 2.32. The van der Waals surface area contributed by atoms with E-state index in [0.717, 1.165) is 37.1 Å². The van der Waals surface area contributed by atoms with Crippen molar-refractivity contribution in [2.75, 3.05) is 41.9 Å². The Kier molecular flexibility index (Phi) is 8.85. The lowest BCUT2D eigenvalue weighted by Crippen LogP contribution is -2.45. The molecule has 1 fully saturated rings. The Labute approximate surface area is 226 Å². The number of urea groups is 1. The quantitative estimate of drug-likeness (QED) is 0.340. The number of benzene rings is 2. The van der Waals surface area contributed by atoms with E-state index in [-0.39, 0.29) is 10.8 Å². The lowest BCUT2D eigenvalue weighted by Gasteiger charge is -2.39. The highest BCUT2D eigenvalue weighted by molar-refractivity contribution is 7.92. The summed E-state index contributed by atoms with van der Waals surface area (Å²) >= 11 is 0. The second-order valence-corrected chi connectivity index (χ2v) is 12.6. The van der Waals surface area contributed by atoms with E-state index in [4.69, 9.17) is 5.21 Å². The van der Waals surface area contributed by atoms with Crippen LogP contribution in [0.25, 0.3) is 0 Å². The number of aliphatic hydroxyl groups is 1. The molecule has 2 amide bonds. The summed E-state index contributed by atoms with van der Waals surface area (Å²) in [6.07, 6.45) is 2.31. The number of rotatable bonds is 8. The van der Waals surface area contributed by atoms with Crippen molar-refractivity contribution in [1.29, 1.82) is 0 Å². The van der Waals surface area contributed by atoms with E-state index in [9.17, 15) is 18.3 Å². The number of amides is 2. The first-order chi connectivity index (χ1) is 18.1. The summed E-state index contributed by atoms with van der Waals surface area (Å²) in [6.45, 7) is 9.01. The number of aryl methyl sites for hydroxylation is 1. The Bertz CT molecular complexity index is 1210.